The van der Waals surface area contributed by atoms with E-state index in [-0.39, 0.29) is 0 Å². The van der Waals surface area contributed by atoms with E-state index >= 15 is 0 Å². The summed E-state index contributed by atoms with van der Waals surface area (Å²) in [6.45, 7) is 12.9. The Morgan fingerprint density at radius 3 is 2.45 bits per heavy atom. The molecule has 2 nitrogen and oxygen atoms in total. The van der Waals surface area contributed by atoms with E-state index in [1.165, 1.54) is 50.9 Å². The molecule has 1 heterocycles. The fourth-order valence-corrected chi connectivity index (χ4v) is 5.14. The zero-order chi connectivity index (χ0) is 14.8. The van der Waals surface area contributed by atoms with E-state index in [9.17, 15) is 0 Å². The lowest BCUT2D eigenvalue weighted by atomic mass is 9.65. The van der Waals surface area contributed by atoms with Crippen molar-refractivity contribution in [1.29, 1.82) is 0 Å². The number of thioether (sulfide) groups is 1. The lowest BCUT2D eigenvalue weighted by Gasteiger charge is -2.52. The van der Waals surface area contributed by atoms with E-state index in [1.54, 1.807) is 0 Å². The minimum absolute atomic E-state index is 0.315. The number of nitrogens with zero attached hydrogens (tertiary/aromatic N) is 1. The van der Waals surface area contributed by atoms with Crippen LogP contribution in [-0.4, -0.2) is 41.1 Å². The van der Waals surface area contributed by atoms with Gasteiger partial charge in [0, 0.05) is 36.2 Å². The molecule has 0 radical (unpaired) electrons. The minimum atomic E-state index is 0.315. The molecule has 0 spiro atoms. The van der Waals surface area contributed by atoms with Crippen molar-refractivity contribution >= 4 is 11.8 Å². The third-order valence-electron chi connectivity index (χ3n) is 6.22. The number of rotatable bonds is 4. The fraction of sp³-hybridized carbons (Fsp3) is 1.00. The molecule has 1 unspecified atom stereocenters. The van der Waals surface area contributed by atoms with Crippen LogP contribution in [0.15, 0.2) is 0 Å². The summed E-state index contributed by atoms with van der Waals surface area (Å²) in [5.74, 6) is 2.18. The SMILES string of the molecule is CCC(C)(C)C1CCC(CN)(N2CCSC(C)C2)CC1. The van der Waals surface area contributed by atoms with Gasteiger partial charge >= 0.3 is 0 Å². The first-order valence-electron chi connectivity index (χ1n) is 8.50. The molecule has 1 saturated carbocycles. The van der Waals surface area contributed by atoms with Crippen LogP contribution in [0, 0.1) is 11.3 Å². The van der Waals surface area contributed by atoms with Gasteiger partial charge in [-0.15, -0.1) is 0 Å². The second-order valence-corrected chi connectivity index (χ2v) is 9.22. The first kappa shape index (κ1) is 16.6. The average molecular weight is 299 g/mol. The Balaban J connectivity index is 2.01. The van der Waals surface area contributed by atoms with Crippen LogP contribution in [0.3, 0.4) is 0 Å². The van der Waals surface area contributed by atoms with Crippen LogP contribution in [0.2, 0.25) is 0 Å². The Bertz CT molecular complexity index is 308. The molecule has 1 aliphatic carbocycles. The number of hydrogen-bond acceptors (Lipinski definition) is 3. The number of hydrogen-bond donors (Lipinski definition) is 1. The Kier molecular flexibility index (Phi) is 5.47. The van der Waals surface area contributed by atoms with Gasteiger partial charge in [-0.1, -0.05) is 34.1 Å². The summed E-state index contributed by atoms with van der Waals surface area (Å²) in [5, 5.41) is 0.775. The summed E-state index contributed by atoms with van der Waals surface area (Å²) in [6.07, 6.45) is 6.67. The molecule has 2 N–H and O–H groups in total. The molecule has 1 atom stereocenters. The Hall–Kier alpha value is 0.270. The minimum Gasteiger partial charge on any atom is -0.329 e. The zero-order valence-corrected chi connectivity index (χ0v) is 14.8. The van der Waals surface area contributed by atoms with Crippen LogP contribution in [0.25, 0.3) is 0 Å². The third kappa shape index (κ3) is 3.36. The first-order valence-corrected chi connectivity index (χ1v) is 9.55. The van der Waals surface area contributed by atoms with Crippen molar-refractivity contribution in [3.8, 4) is 0 Å². The standard InChI is InChI=1S/C17H34N2S/c1-5-16(3,4)15-6-8-17(13-18,9-7-15)19-10-11-20-14(2)12-19/h14-15H,5-13,18H2,1-4H3. The average Bonchev–Trinajstić information content (AvgIpc) is 2.47. The van der Waals surface area contributed by atoms with Crippen LogP contribution < -0.4 is 5.73 Å². The molecule has 0 aromatic heterocycles. The van der Waals surface area contributed by atoms with Crippen molar-refractivity contribution in [3.63, 3.8) is 0 Å². The summed E-state index contributed by atoms with van der Waals surface area (Å²) in [5.41, 5.74) is 7.07. The fourth-order valence-electron chi connectivity index (χ4n) is 4.12. The molecule has 3 heteroatoms. The van der Waals surface area contributed by atoms with E-state index in [0.717, 1.165) is 17.7 Å². The second-order valence-electron chi connectivity index (χ2n) is 7.67. The van der Waals surface area contributed by atoms with Gasteiger partial charge in [-0.2, -0.15) is 11.8 Å². The topological polar surface area (TPSA) is 29.3 Å². The van der Waals surface area contributed by atoms with Crippen molar-refractivity contribution in [1.82, 2.24) is 4.90 Å². The molecule has 20 heavy (non-hydrogen) atoms. The van der Waals surface area contributed by atoms with E-state index in [1.807, 2.05) is 0 Å². The molecular weight excluding hydrogens is 264 g/mol. The summed E-state index contributed by atoms with van der Waals surface area (Å²) < 4.78 is 0. The molecule has 2 aliphatic rings. The van der Waals surface area contributed by atoms with Crippen LogP contribution in [0.1, 0.15) is 59.8 Å². The molecule has 2 rings (SSSR count). The maximum absolute atomic E-state index is 6.25. The number of nitrogens with two attached hydrogens (primary N) is 1. The van der Waals surface area contributed by atoms with Gasteiger partial charge in [-0.25, -0.2) is 0 Å². The largest absolute Gasteiger partial charge is 0.329 e. The molecule has 1 saturated heterocycles. The molecule has 0 aromatic rings. The van der Waals surface area contributed by atoms with Crippen molar-refractivity contribution in [2.75, 3.05) is 25.4 Å². The molecule has 2 fully saturated rings. The van der Waals surface area contributed by atoms with Gasteiger partial charge in [0.25, 0.3) is 0 Å². The van der Waals surface area contributed by atoms with Crippen molar-refractivity contribution in [2.45, 2.75) is 70.6 Å². The Morgan fingerprint density at radius 1 is 1.30 bits per heavy atom. The predicted octanol–water partition coefficient (Wildman–Crippen LogP) is 3.75. The van der Waals surface area contributed by atoms with Gasteiger partial charge in [0.1, 0.15) is 0 Å². The highest BCUT2D eigenvalue weighted by molar-refractivity contribution is 7.99. The maximum atomic E-state index is 6.25. The molecule has 118 valence electrons. The summed E-state index contributed by atoms with van der Waals surface area (Å²) in [4.78, 5) is 2.74. The van der Waals surface area contributed by atoms with Gasteiger partial charge in [0.15, 0.2) is 0 Å². The smallest absolute Gasteiger partial charge is 0.0332 e. The zero-order valence-electron chi connectivity index (χ0n) is 14.0. The lowest BCUT2D eigenvalue weighted by Crippen LogP contribution is -2.59. The highest BCUT2D eigenvalue weighted by Crippen LogP contribution is 2.45. The normalized spacial score (nSPS) is 37.0. The van der Waals surface area contributed by atoms with Crippen molar-refractivity contribution < 1.29 is 0 Å². The second kappa shape index (κ2) is 6.58. The van der Waals surface area contributed by atoms with Gasteiger partial charge in [-0.05, 0) is 37.0 Å². The van der Waals surface area contributed by atoms with E-state index in [0.29, 0.717) is 11.0 Å². The molecule has 0 amide bonds. The van der Waals surface area contributed by atoms with Crippen LogP contribution >= 0.6 is 11.8 Å². The van der Waals surface area contributed by atoms with E-state index in [4.69, 9.17) is 5.73 Å². The van der Waals surface area contributed by atoms with Gasteiger partial charge in [0.2, 0.25) is 0 Å². The predicted molar refractivity (Wildman–Crippen MR) is 91.3 cm³/mol. The Morgan fingerprint density at radius 2 is 1.95 bits per heavy atom. The first-order chi connectivity index (χ1) is 9.43. The quantitative estimate of drug-likeness (QED) is 0.857. The Labute approximate surface area is 130 Å². The lowest BCUT2D eigenvalue weighted by molar-refractivity contribution is 0.0190. The van der Waals surface area contributed by atoms with Crippen LogP contribution in [-0.2, 0) is 0 Å². The molecule has 0 bridgehead atoms. The van der Waals surface area contributed by atoms with Crippen molar-refractivity contribution in [2.24, 2.45) is 17.1 Å². The molecular formula is C17H34N2S. The summed E-state index contributed by atoms with van der Waals surface area (Å²) in [7, 11) is 0. The summed E-state index contributed by atoms with van der Waals surface area (Å²) in [6, 6.07) is 0. The maximum Gasteiger partial charge on any atom is 0.0332 e. The van der Waals surface area contributed by atoms with Gasteiger partial charge in [0.05, 0.1) is 0 Å². The van der Waals surface area contributed by atoms with Crippen LogP contribution in [0.4, 0.5) is 0 Å². The van der Waals surface area contributed by atoms with E-state index < -0.39 is 0 Å². The third-order valence-corrected chi connectivity index (χ3v) is 7.36. The van der Waals surface area contributed by atoms with Gasteiger partial charge < -0.3 is 5.73 Å². The molecule has 1 aliphatic heterocycles. The summed E-state index contributed by atoms with van der Waals surface area (Å²) >= 11 is 2.12. The van der Waals surface area contributed by atoms with E-state index in [2.05, 4.69) is 44.4 Å². The highest BCUT2D eigenvalue weighted by Gasteiger charge is 2.43. The van der Waals surface area contributed by atoms with Crippen LogP contribution in [0.5, 0.6) is 0 Å². The van der Waals surface area contributed by atoms with Crippen molar-refractivity contribution in [3.05, 3.63) is 0 Å². The van der Waals surface area contributed by atoms with Gasteiger partial charge in [-0.3, -0.25) is 4.90 Å². The highest BCUT2D eigenvalue weighted by atomic mass is 32.2. The monoisotopic (exact) mass is 298 g/mol. The molecule has 0 aromatic carbocycles.